The van der Waals surface area contributed by atoms with E-state index < -0.39 is 14.9 Å². The van der Waals surface area contributed by atoms with E-state index in [2.05, 4.69) is 10.3 Å². The summed E-state index contributed by atoms with van der Waals surface area (Å²) in [5, 5.41) is 14.8. The number of nitrogens with one attached hydrogen (secondary N) is 1. The lowest BCUT2D eigenvalue weighted by atomic mass is 10.1. The second kappa shape index (κ2) is 10.1. The molecule has 1 aliphatic heterocycles. The van der Waals surface area contributed by atoms with Gasteiger partial charge in [-0.2, -0.15) is 4.31 Å². The van der Waals surface area contributed by atoms with Gasteiger partial charge in [-0.1, -0.05) is 24.3 Å². The zero-order valence-corrected chi connectivity index (χ0v) is 19.5. The average molecular weight is 480 g/mol. The lowest BCUT2D eigenvalue weighted by Gasteiger charge is -2.31. The van der Waals surface area contributed by atoms with Gasteiger partial charge in [0.1, 0.15) is 5.69 Å². The van der Waals surface area contributed by atoms with Crippen molar-refractivity contribution in [2.45, 2.75) is 4.90 Å². The highest BCUT2D eigenvalue weighted by Gasteiger charge is 2.29. The molecular weight excluding hydrogens is 454 g/mol. The Morgan fingerprint density at radius 3 is 2.50 bits per heavy atom. The van der Waals surface area contributed by atoms with Gasteiger partial charge in [0.15, 0.2) is 0 Å². The first kappa shape index (κ1) is 23.6. The van der Waals surface area contributed by atoms with Gasteiger partial charge >= 0.3 is 0 Å². The first-order valence-corrected chi connectivity index (χ1v) is 12.2. The lowest BCUT2D eigenvalue weighted by molar-refractivity contribution is -0.384. The van der Waals surface area contributed by atoms with Crippen molar-refractivity contribution in [3.63, 3.8) is 0 Å². The summed E-state index contributed by atoms with van der Waals surface area (Å²) in [5.74, 6) is 0. The number of likely N-dealkylation sites (N-methyl/N-ethyl adjacent to an activating group) is 1. The smallest absolute Gasteiger partial charge is 0.294 e. The number of hydrogen-bond acceptors (Lipinski definition) is 7. The molecule has 0 aliphatic carbocycles. The monoisotopic (exact) mass is 479 g/mol. The van der Waals surface area contributed by atoms with Gasteiger partial charge in [-0.3, -0.25) is 15.1 Å². The maximum Gasteiger partial charge on any atom is 0.294 e. The Morgan fingerprint density at radius 2 is 1.79 bits per heavy atom. The van der Waals surface area contributed by atoms with E-state index in [0.29, 0.717) is 31.9 Å². The molecule has 1 saturated heterocycles. The van der Waals surface area contributed by atoms with Crippen LogP contribution in [-0.2, 0) is 10.0 Å². The number of sulfonamides is 1. The second-order valence-electron chi connectivity index (χ2n) is 7.98. The van der Waals surface area contributed by atoms with E-state index in [4.69, 9.17) is 0 Å². The van der Waals surface area contributed by atoms with Crippen LogP contribution in [0.25, 0.3) is 12.2 Å². The maximum absolute atomic E-state index is 13.0. The quantitative estimate of drug-likeness (QED) is 0.405. The van der Waals surface area contributed by atoms with Crippen molar-refractivity contribution in [2.24, 2.45) is 0 Å². The van der Waals surface area contributed by atoms with E-state index in [1.54, 1.807) is 12.3 Å². The predicted octanol–water partition coefficient (Wildman–Crippen LogP) is 3.84. The molecule has 10 heteroatoms. The summed E-state index contributed by atoms with van der Waals surface area (Å²) in [4.78, 5) is 17.4. The molecule has 1 aliphatic rings. The number of pyridine rings is 1. The minimum absolute atomic E-state index is 0.0821. The van der Waals surface area contributed by atoms with Gasteiger partial charge < -0.3 is 10.2 Å². The van der Waals surface area contributed by atoms with Crippen molar-refractivity contribution < 1.29 is 13.3 Å². The molecule has 0 unspecified atom stereocenters. The van der Waals surface area contributed by atoms with Crippen LogP contribution >= 0.6 is 0 Å². The Labute approximate surface area is 198 Å². The van der Waals surface area contributed by atoms with Crippen LogP contribution < -0.4 is 5.32 Å². The molecule has 0 atom stereocenters. The molecule has 0 bridgehead atoms. The van der Waals surface area contributed by atoms with Crippen LogP contribution in [0.5, 0.6) is 0 Å². The Hall–Kier alpha value is -3.60. The molecule has 3 aromatic rings. The van der Waals surface area contributed by atoms with Crippen molar-refractivity contribution in [3.05, 3.63) is 88.2 Å². The molecule has 2 heterocycles. The Balaban J connectivity index is 1.57. The Kier molecular flexibility index (Phi) is 7.01. The molecule has 0 saturated carbocycles. The molecule has 2 aromatic carbocycles. The van der Waals surface area contributed by atoms with Crippen molar-refractivity contribution in [1.82, 2.24) is 14.2 Å². The normalized spacial score (nSPS) is 15.4. The summed E-state index contributed by atoms with van der Waals surface area (Å²) in [6.45, 7) is 1.94. The Morgan fingerprint density at radius 1 is 1.00 bits per heavy atom. The van der Waals surface area contributed by atoms with Crippen molar-refractivity contribution in [2.75, 3.05) is 38.5 Å². The SMILES string of the molecule is CN1CCN(S(=O)(=O)c2ccc(Nc3cccc(/C=C/c4ccccn4)c3)c([N+](=O)[O-])c2)CC1. The third kappa shape index (κ3) is 5.48. The number of benzene rings is 2. The first-order valence-electron chi connectivity index (χ1n) is 10.8. The van der Waals surface area contributed by atoms with Crippen LogP contribution in [0.4, 0.5) is 17.1 Å². The zero-order chi connectivity index (χ0) is 24.1. The number of nitrogens with zero attached hydrogens (tertiary/aromatic N) is 4. The molecule has 9 nitrogen and oxygen atoms in total. The number of hydrogen-bond donors (Lipinski definition) is 1. The summed E-state index contributed by atoms with van der Waals surface area (Å²) in [6.07, 6.45) is 5.48. The maximum atomic E-state index is 13.0. The number of nitro groups is 1. The molecule has 4 rings (SSSR count). The molecule has 176 valence electrons. The molecule has 1 fully saturated rings. The molecule has 0 amide bonds. The zero-order valence-electron chi connectivity index (χ0n) is 18.7. The molecule has 0 radical (unpaired) electrons. The van der Waals surface area contributed by atoms with Gasteiger partial charge in [-0.25, -0.2) is 8.42 Å². The largest absolute Gasteiger partial charge is 0.350 e. The summed E-state index contributed by atoms with van der Waals surface area (Å²) >= 11 is 0. The van der Waals surface area contributed by atoms with Crippen molar-refractivity contribution >= 4 is 39.2 Å². The molecular formula is C24H25N5O4S. The van der Waals surface area contributed by atoms with E-state index in [1.165, 1.54) is 16.4 Å². The first-order chi connectivity index (χ1) is 16.3. The Bertz CT molecular complexity index is 1300. The van der Waals surface area contributed by atoms with E-state index in [9.17, 15) is 18.5 Å². The highest BCUT2D eigenvalue weighted by molar-refractivity contribution is 7.89. The average Bonchev–Trinajstić information content (AvgIpc) is 2.84. The van der Waals surface area contributed by atoms with Crippen LogP contribution in [-0.4, -0.2) is 60.8 Å². The van der Waals surface area contributed by atoms with Crippen molar-refractivity contribution in [1.29, 1.82) is 0 Å². The fourth-order valence-electron chi connectivity index (χ4n) is 3.64. The summed E-state index contributed by atoms with van der Waals surface area (Å²) in [7, 11) is -1.88. The van der Waals surface area contributed by atoms with Crippen LogP contribution in [0.3, 0.4) is 0 Å². The van der Waals surface area contributed by atoms with Gasteiger partial charge in [0.25, 0.3) is 5.69 Å². The van der Waals surface area contributed by atoms with Gasteiger partial charge in [0.05, 0.1) is 15.5 Å². The minimum atomic E-state index is -3.81. The van der Waals surface area contributed by atoms with Crippen LogP contribution in [0.15, 0.2) is 71.8 Å². The highest BCUT2D eigenvalue weighted by atomic mass is 32.2. The number of aromatic nitrogens is 1. The van der Waals surface area contributed by atoms with Gasteiger partial charge in [-0.05, 0) is 55.1 Å². The molecule has 34 heavy (non-hydrogen) atoms. The number of anilines is 2. The molecule has 1 aromatic heterocycles. The van der Waals surface area contributed by atoms with Gasteiger partial charge in [-0.15, -0.1) is 0 Å². The van der Waals surface area contributed by atoms with Crippen LogP contribution in [0.2, 0.25) is 0 Å². The van der Waals surface area contributed by atoms with Crippen molar-refractivity contribution in [3.8, 4) is 0 Å². The molecule has 1 N–H and O–H groups in total. The van der Waals surface area contributed by atoms with Crippen LogP contribution in [0.1, 0.15) is 11.3 Å². The fraction of sp³-hybridized carbons (Fsp3) is 0.208. The number of rotatable bonds is 7. The summed E-state index contributed by atoms with van der Waals surface area (Å²) in [5.41, 5.74) is 2.25. The van der Waals surface area contributed by atoms with E-state index in [0.717, 1.165) is 17.3 Å². The second-order valence-corrected chi connectivity index (χ2v) is 9.92. The predicted molar refractivity (Wildman–Crippen MR) is 132 cm³/mol. The summed E-state index contributed by atoms with van der Waals surface area (Å²) < 4.78 is 27.4. The number of nitro benzene ring substituents is 1. The van der Waals surface area contributed by atoms with Gasteiger partial charge in [0, 0.05) is 44.1 Å². The minimum Gasteiger partial charge on any atom is -0.350 e. The summed E-state index contributed by atoms with van der Waals surface area (Å²) in [6, 6.07) is 17.0. The van der Waals surface area contributed by atoms with E-state index >= 15 is 0 Å². The van der Waals surface area contributed by atoms with E-state index in [-0.39, 0.29) is 16.3 Å². The van der Waals surface area contributed by atoms with E-state index in [1.807, 2.05) is 60.5 Å². The lowest BCUT2D eigenvalue weighted by Crippen LogP contribution is -2.47. The molecule has 0 spiro atoms. The van der Waals surface area contributed by atoms with Crippen LogP contribution in [0, 0.1) is 10.1 Å². The van der Waals surface area contributed by atoms with Gasteiger partial charge in [0.2, 0.25) is 10.0 Å². The third-order valence-corrected chi connectivity index (χ3v) is 7.46. The highest BCUT2D eigenvalue weighted by Crippen LogP contribution is 2.32. The fourth-order valence-corrected chi connectivity index (χ4v) is 5.08. The topological polar surface area (TPSA) is 109 Å². The third-order valence-electron chi connectivity index (χ3n) is 5.57. The number of piperazine rings is 1. The standard InChI is InChI=1S/C24H25N5O4S/c1-27-13-15-28(16-14-27)34(32,33)22-10-11-23(24(18-22)29(30)31)26-21-7-4-5-19(17-21)8-9-20-6-2-3-12-25-20/h2-12,17-18,26H,13-16H2,1H3/b9-8+.